The van der Waals surface area contributed by atoms with Crippen molar-refractivity contribution in [3.8, 4) is 6.07 Å². The van der Waals surface area contributed by atoms with E-state index in [1.807, 2.05) is 6.20 Å². The van der Waals surface area contributed by atoms with Crippen LogP contribution in [0, 0.1) is 11.3 Å². The Hall–Kier alpha value is -0.960. The van der Waals surface area contributed by atoms with Gasteiger partial charge in [0.2, 0.25) is 0 Å². The van der Waals surface area contributed by atoms with Gasteiger partial charge in [0.15, 0.2) is 0 Å². The summed E-state index contributed by atoms with van der Waals surface area (Å²) in [6.07, 6.45) is 3.35. The smallest absolute Gasteiger partial charge is 0.0940 e. The van der Waals surface area contributed by atoms with Crippen molar-refractivity contribution in [3.05, 3.63) is 16.1 Å². The van der Waals surface area contributed by atoms with Crippen LogP contribution in [0.2, 0.25) is 0 Å². The monoisotopic (exact) mass is 250 g/mol. The predicted molar refractivity (Wildman–Crippen MR) is 69.1 cm³/mol. The fourth-order valence-corrected chi connectivity index (χ4v) is 2.79. The topological polar surface area (TPSA) is 43.2 Å². The van der Waals surface area contributed by atoms with E-state index in [9.17, 15) is 0 Å². The van der Waals surface area contributed by atoms with Gasteiger partial charge >= 0.3 is 0 Å². The van der Waals surface area contributed by atoms with Gasteiger partial charge in [-0.05, 0) is 7.05 Å². The van der Waals surface area contributed by atoms with Crippen LogP contribution >= 0.6 is 11.3 Å². The minimum absolute atomic E-state index is 0.492. The first-order valence-corrected chi connectivity index (χ1v) is 6.81. The molecule has 92 valence electrons. The molecule has 1 saturated heterocycles. The van der Waals surface area contributed by atoms with Crippen molar-refractivity contribution >= 4 is 11.3 Å². The second-order valence-corrected chi connectivity index (χ2v) is 5.65. The number of hydrogen-bond acceptors (Lipinski definition) is 5. The van der Waals surface area contributed by atoms with Crippen LogP contribution in [-0.4, -0.2) is 54.6 Å². The highest BCUT2D eigenvalue weighted by Gasteiger charge is 2.13. The Balaban J connectivity index is 1.75. The standard InChI is InChI=1S/C12H18N4S/c1-15-6-8-16(9-7-15)5-3-12-14-10-11(17-12)2-4-13/h10H,2-3,5-9H2,1H3. The van der Waals surface area contributed by atoms with E-state index in [1.54, 1.807) is 11.3 Å². The minimum atomic E-state index is 0.492. The first-order valence-electron chi connectivity index (χ1n) is 5.99. The molecular weight excluding hydrogens is 232 g/mol. The van der Waals surface area contributed by atoms with Gasteiger partial charge in [-0.2, -0.15) is 5.26 Å². The van der Waals surface area contributed by atoms with E-state index in [-0.39, 0.29) is 0 Å². The highest BCUT2D eigenvalue weighted by atomic mass is 32.1. The van der Waals surface area contributed by atoms with E-state index in [1.165, 1.54) is 0 Å². The molecule has 1 aromatic heterocycles. The van der Waals surface area contributed by atoms with Crippen LogP contribution in [0.5, 0.6) is 0 Å². The maximum Gasteiger partial charge on any atom is 0.0940 e. The van der Waals surface area contributed by atoms with Crippen molar-refractivity contribution in [1.82, 2.24) is 14.8 Å². The average molecular weight is 250 g/mol. The summed E-state index contributed by atoms with van der Waals surface area (Å²) in [7, 11) is 2.17. The molecule has 4 nitrogen and oxygen atoms in total. The van der Waals surface area contributed by atoms with Crippen LogP contribution < -0.4 is 0 Å². The van der Waals surface area contributed by atoms with Crippen LogP contribution in [0.15, 0.2) is 6.20 Å². The molecule has 2 heterocycles. The summed E-state index contributed by atoms with van der Waals surface area (Å²) in [5.74, 6) is 0. The molecule has 1 aliphatic heterocycles. The largest absolute Gasteiger partial charge is 0.304 e. The van der Waals surface area contributed by atoms with E-state index in [2.05, 4.69) is 27.9 Å². The number of rotatable bonds is 4. The molecule has 0 atom stereocenters. The molecule has 0 bridgehead atoms. The first kappa shape index (κ1) is 12.5. The zero-order chi connectivity index (χ0) is 12.1. The second-order valence-electron chi connectivity index (χ2n) is 4.45. The van der Waals surface area contributed by atoms with Crippen LogP contribution in [0.3, 0.4) is 0 Å². The van der Waals surface area contributed by atoms with Gasteiger partial charge in [0.1, 0.15) is 0 Å². The zero-order valence-corrected chi connectivity index (χ0v) is 11.0. The molecule has 1 fully saturated rings. The molecule has 17 heavy (non-hydrogen) atoms. The van der Waals surface area contributed by atoms with Gasteiger partial charge < -0.3 is 9.80 Å². The van der Waals surface area contributed by atoms with Gasteiger partial charge in [-0.25, -0.2) is 4.98 Å². The SMILES string of the molecule is CN1CCN(CCc2ncc(CC#N)s2)CC1. The summed E-state index contributed by atoms with van der Waals surface area (Å²) in [4.78, 5) is 10.3. The van der Waals surface area contributed by atoms with Crippen molar-refractivity contribution in [2.24, 2.45) is 0 Å². The summed E-state index contributed by atoms with van der Waals surface area (Å²) >= 11 is 1.68. The zero-order valence-electron chi connectivity index (χ0n) is 10.2. The number of likely N-dealkylation sites (N-methyl/N-ethyl adjacent to an activating group) is 1. The lowest BCUT2D eigenvalue weighted by molar-refractivity contribution is 0.155. The number of aromatic nitrogens is 1. The molecule has 0 aromatic carbocycles. The molecule has 2 rings (SSSR count). The molecule has 1 aromatic rings. The molecule has 0 aliphatic carbocycles. The number of nitriles is 1. The van der Waals surface area contributed by atoms with Gasteiger partial charge in [-0.3, -0.25) is 0 Å². The number of piperazine rings is 1. The van der Waals surface area contributed by atoms with Crippen LogP contribution in [-0.2, 0) is 12.8 Å². The third kappa shape index (κ3) is 3.77. The van der Waals surface area contributed by atoms with Crippen molar-refractivity contribution in [2.75, 3.05) is 39.8 Å². The van der Waals surface area contributed by atoms with Crippen molar-refractivity contribution in [1.29, 1.82) is 5.26 Å². The van der Waals surface area contributed by atoms with Crippen LogP contribution in [0.25, 0.3) is 0 Å². The lowest BCUT2D eigenvalue weighted by atomic mass is 10.3. The summed E-state index contributed by atoms with van der Waals surface area (Å²) in [6.45, 7) is 5.74. The highest BCUT2D eigenvalue weighted by Crippen LogP contribution is 2.14. The molecule has 1 aliphatic rings. The van der Waals surface area contributed by atoms with E-state index in [0.29, 0.717) is 6.42 Å². The Labute approximate surface area is 106 Å². The first-order chi connectivity index (χ1) is 8.28. The van der Waals surface area contributed by atoms with E-state index in [0.717, 1.165) is 49.0 Å². The summed E-state index contributed by atoms with van der Waals surface area (Å²) in [5, 5.41) is 9.76. The van der Waals surface area contributed by atoms with Gasteiger partial charge in [0, 0.05) is 50.2 Å². The average Bonchev–Trinajstić information content (AvgIpc) is 2.77. The minimum Gasteiger partial charge on any atom is -0.304 e. The maximum absolute atomic E-state index is 8.60. The van der Waals surface area contributed by atoms with Crippen LogP contribution in [0.4, 0.5) is 0 Å². The fraction of sp³-hybridized carbons (Fsp3) is 0.667. The molecule has 0 radical (unpaired) electrons. The summed E-state index contributed by atoms with van der Waals surface area (Å²) < 4.78 is 0. The third-order valence-electron chi connectivity index (χ3n) is 3.09. The van der Waals surface area contributed by atoms with Gasteiger partial charge in [0.05, 0.1) is 17.5 Å². The Morgan fingerprint density at radius 1 is 1.41 bits per heavy atom. The molecule has 0 amide bonds. The van der Waals surface area contributed by atoms with Gasteiger partial charge in [-0.1, -0.05) is 0 Å². The fourth-order valence-electron chi connectivity index (χ4n) is 1.95. The molecule has 0 saturated carbocycles. The lowest BCUT2D eigenvalue weighted by Gasteiger charge is -2.32. The maximum atomic E-state index is 8.60. The van der Waals surface area contributed by atoms with Crippen molar-refractivity contribution in [2.45, 2.75) is 12.8 Å². The molecule has 0 unspecified atom stereocenters. The van der Waals surface area contributed by atoms with Gasteiger partial charge in [-0.15, -0.1) is 11.3 Å². The quantitative estimate of drug-likeness (QED) is 0.799. The predicted octanol–water partition coefficient (Wildman–Crippen LogP) is 0.999. The Kier molecular flexibility index (Phi) is 4.49. The van der Waals surface area contributed by atoms with Crippen molar-refractivity contribution < 1.29 is 0 Å². The molecule has 0 N–H and O–H groups in total. The number of nitrogens with zero attached hydrogens (tertiary/aromatic N) is 4. The van der Waals surface area contributed by atoms with E-state index < -0.39 is 0 Å². The lowest BCUT2D eigenvalue weighted by Crippen LogP contribution is -2.45. The Morgan fingerprint density at radius 3 is 2.88 bits per heavy atom. The summed E-state index contributed by atoms with van der Waals surface area (Å²) in [5.41, 5.74) is 0. The van der Waals surface area contributed by atoms with Crippen LogP contribution in [0.1, 0.15) is 9.88 Å². The summed E-state index contributed by atoms with van der Waals surface area (Å²) in [6, 6.07) is 2.16. The van der Waals surface area contributed by atoms with Crippen molar-refractivity contribution in [3.63, 3.8) is 0 Å². The molecular formula is C12H18N4S. The number of thiazole rings is 1. The van der Waals surface area contributed by atoms with E-state index >= 15 is 0 Å². The third-order valence-corrected chi connectivity index (χ3v) is 4.15. The molecule has 5 heteroatoms. The Bertz CT molecular complexity index is 387. The van der Waals surface area contributed by atoms with E-state index in [4.69, 9.17) is 5.26 Å². The second kappa shape index (κ2) is 6.10. The highest BCUT2D eigenvalue weighted by molar-refractivity contribution is 7.11. The Morgan fingerprint density at radius 2 is 2.18 bits per heavy atom. The molecule has 0 spiro atoms. The number of hydrogen-bond donors (Lipinski definition) is 0. The van der Waals surface area contributed by atoms with Gasteiger partial charge in [0.25, 0.3) is 0 Å². The normalized spacial score (nSPS) is 18.1.